The first kappa shape index (κ1) is 22.1. The Morgan fingerprint density at radius 1 is 0.733 bits per heavy atom. The van der Waals surface area contributed by atoms with Crippen LogP contribution in [0, 0.1) is 0 Å². The van der Waals surface area contributed by atoms with Crippen molar-refractivity contribution in [3.8, 4) is 16.9 Å². The van der Waals surface area contributed by atoms with Gasteiger partial charge in [-0.05, 0) is 59.5 Å². The summed E-state index contributed by atoms with van der Waals surface area (Å²) >= 11 is 5.91. The minimum absolute atomic E-state index is 0.732. The van der Waals surface area contributed by atoms with Crippen LogP contribution in [0.4, 0.5) is 5.69 Å². The van der Waals surface area contributed by atoms with Crippen molar-refractivity contribution in [2.24, 2.45) is 4.99 Å². The number of nitrogens with zero attached hydrogens (tertiary/aromatic N) is 1. The molecule has 0 heterocycles. The molecule has 3 aromatic rings. The Balaban J connectivity index is 1.48. The zero-order valence-corrected chi connectivity index (χ0v) is 18.4. The van der Waals surface area contributed by atoms with Crippen molar-refractivity contribution in [1.29, 1.82) is 0 Å². The Kier molecular flexibility index (Phi) is 8.99. The van der Waals surface area contributed by atoms with Gasteiger partial charge in [0.05, 0.1) is 12.3 Å². The average molecular weight is 420 g/mol. The van der Waals surface area contributed by atoms with Gasteiger partial charge in [0.2, 0.25) is 0 Å². The third-order valence-corrected chi connectivity index (χ3v) is 5.31. The minimum atomic E-state index is 0.732. The van der Waals surface area contributed by atoms with E-state index in [1.165, 1.54) is 43.2 Å². The van der Waals surface area contributed by atoms with E-state index in [9.17, 15) is 0 Å². The lowest BCUT2D eigenvalue weighted by Gasteiger charge is -2.08. The molecule has 3 rings (SSSR count). The van der Waals surface area contributed by atoms with Crippen LogP contribution in [-0.2, 0) is 0 Å². The molecule has 0 fully saturated rings. The number of hydrogen-bond donors (Lipinski definition) is 0. The second kappa shape index (κ2) is 12.2. The molecule has 0 unspecified atom stereocenters. The molecule has 3 heteroatoms. The van der Waals surface area contributed by atoms with Gasteiger partial charge in [-0.1, -0.05) is 87.0 Å². The Hall–Kier alpha value is -2.58. The van der Waals surface area contributed by atoms with Crippen molar-refractivity contribution in [2.75, 3.05) is 6.61 Å². The largest absolute Gasteiger partial charge is 0.494 e. The van der Waals surface area contributed by atoms with Gasteiger partial charge in [-0.15, -0.1) is 0 Å². The van der Waals surface area contributed by atoms with Crippen LogP contribution in [-0.4, -0.2) is 12.8 Å². The number of halogens is 1. The lowest BCUT2D eigenvalue weighted by atomic mass is 10.1. The van der Waals surface area contributed by atoms with Gasteiger partial charge in [0.25, 0.3) is 0 Å². The maximum atomic E-state index is 5.91. The van der Waals surface area contributed by atoms with Crippen LogP contribution < -0.4 is 4.74 Å². The molecule has 0 N–H and O–H groups in total. The van der Waals surface area contributed by atoms with Crippen LogP contribution in [0.5, 0.6) is 5.75 Å². The molecule has 0 saturated carbocycles. The molecule has 0 aliphatic carbocycles. The fraction of sp³-hybridized carbons (Fsp3) is 0.296. The summed E-state index contributed by atoms with van der Waals surface area (Å²) in [6.07, 6.45) is 9.53. The molecular weight excluding hydrogens is 390 g/mol. The van der Waals surface area contributed by atoms with Crippen molar-refractivity contribution >= 4 is 23.5 Å². The van der Waals surface area contributed by atoms with E-state index in [4.69, 9.17) is 16.3 Å². The molecule has 30 heavy (non-hydrogen) atoms. The monoisotopic (exact) mass is 419 g/mol. The molecular formula is C27H30ClNO. The molecule has 0 saturated heterocycles. The molecule has 3 aromatic carbocycles. The van der Waals surface area contributed by atoms with Crippen LogP contribution in [0.2, 0.25) is 5.02 Å². The van der Waals surface area contributed by atoms with E-state index in [2.05, 4.69) is 48.3 Å². The number of hydrogen-bond acceptors (Lipinski definition) is 2. The third-order valence-electron chi connectivity index (χ3n) is 5.05. The van der Waals surface area contributed by atoms with Gasteiger partial charge in [-0.25, -0.2) is 0 Å². The molecule has 0 aliphatic heterocycles. The summed E-state index contributed by atoms with van der Waals surface area (Å²) in [6, 6.07) is 24.2. The van der Waals surface area contributed by atoms with Crippen LogP contribution in [0.15, 0.2) is 77.8 Å². The highest BCUT2D eigenvalue weighted by Crippen LogP contribution is 2.25. The minimum Gasteiger partial charge on any atom is -0.494 e. The van der Waals surface area contributed by atoms with Crippen molar-refractivity contribution in [2.45, 2.75) is 45.4 Å². The summed E-state index contributed by atoms with van der Waals surface area (Å²) in [7, 11) is 0. The number of rotatable bonds is 11. The highest BCUT2D eigenvalue weighted by Gasteiger charge is 2.00. The molecule has 156 valence electrons. The number of ether oxygens (including phenoxy) is 1. The van der Waals surface area contributed by atoms with Crippen molar-refractivity contribution in [3.05, 3.63) is 83.4 Å². The molecule has 0 amide bonds. The van der Waals surface area contributed by atoms with E-state index in [0.717, 1.165) is 35.1 Å². The topological polar surface area (TPSA) is 21.6 Å². The maximum Gasteiger partial charge on any atom is 0.119 e. The first-order chi connectivity index (χ1) is 14.7. The molecule has 0 atom stereocenters. The lowest BCUT2D eigenvalue weighted by molar-refractivity contribution is 0.304. The van der Waals surface area contributed by atoms with E-state index < -0.39 is 0 Å². The quantitative estimate of drug-likeness (QED) is 0.225. The predicted octanol–water partition coefficient (Wildman–Crippen LogP) is 8.50. The van der Waals surface area contributed by atoms with Gasteiger partial charge in [0.1, 0.15) is 5.75 Å². The Labute approximate surface area is 185 Å². The Morgan fingerprint density at radius 2 is 1.33 bits per heavy atom. The second-order valence-electron chi connectivity index (χ2n) is 7.50. The maximum absolute atomic E-state index is 5.91. The zero-order chi connectivity index (χ0) is 21.0. The first-order valence-electron chi connectivity index (χ1n) is 10.9. The van der Waals surface area contributed by atoms with Gasteiger partial charge in [0.15, 0.2) is 0 Å². The van der Waals surface area contributed by atoms with Crippen LogP contribution >= 0.6 is 11.6 Å². The third kappa shape index (κ3) is 7.35. The summed E-state index contributed by atoms with van der Waals surface area (Å²) in [5, 5.41) is 0.732. The Bertz CT molecular complexity index is 899. The van der Waals surface area contributed by atoms with Gasteiger partial charge in [0, 0.05) is 11.2 Å². The van der Waals surface area contributed by atoms with E-state index >= 15 is 0 Å². The molecule has 0 aliphatic rings. The Morgan fingerprint density at radius 3 is 2.00 bits per heavy atom. The first-order valence-corrected chi connectivity index (χ1v) is 11.3. The summed E-state index contributed by atoms with van der Waals surface area (Å²) < 4.78 is 5.88. The van der Waals surface area contributed by atoms with Crippen molar-refractivity contribution in [1.82, 2.24) is 0 Å². The van der Waals surface area contributed by atoms with E-state index in [-0.39, 0.29) is 0 Å². The molecule has 2 nitrogen and oxygen atoms in total. The van der Waals surface area contributed by atoms with Crippen molar-refractivity contribution < 1.29 is 4.74 Å². The van der Waals surface area contributed by atoms with E-state index in [0.29, 0.717) is 0 Å². The standard InChI is InChI=1S/C27H30ClNO/c1-2-3-4-5-6-7-20-30-27-18-12-24(13-19-27)23-10-16-26(17-11-23)29-21-22-8-14-25(28)15-9-22/h8-19,21H,2-7,20H2,1H3. The predicted molar refractivity (Wildman–Crippen MR) is 129 cm³/mol. The number of benzene rings is 3. The summed E-state index contributed by atoms with van der Waals surface area (Å²) in [6.45, 7) is 3.05. The van der Waals surface area contributed by atoms with Crippen LogP contribution in [0.3, 0.4) is 0 Å². The van der Waals surface area contributed by atoms with Gasteiger partial charge < -0.3 is 4.74 Å². The molecule has 0 spiro atoms. The van der Waals surface area contributed by atoms with Gasteiger partial charge >= 0.3 is 0 Å². The SMILES string of the molecule is CCCCCCCCOc1ccc(-c2ccc(N=Cc3ccc(Cl)cc3)cc2)cc1. The number of aliphatic imine (C=N–C) groups is 1. The smallest absolute Gasteiger partial charge is 0.119 e. The average Bonchev–Trinajstić information content (AvgIpc) is 2.79. The highest BCUT2D eigenvalue weighted by molar-refractivity contribution is 6.30. The van der Waals surface area contributed by atoms with Gasteiger partial charge in [-0.3, -0.25) is 4.99 Å². The highest BCUT2D eigenvalue weighted by atomic mass is 35.5. The fourth-order valence-electron chi connectivity index (χ4n) is 3.25. The van der Waals surface area contributed by atoms with E-state index in [1.807, 2.05) is 42.6 Å². The number of unbranched alkanes of at least 4 members (excludes halogenated alkanes) is 5. The molecule has 0 aromatic heterocycles. The fourth-order valence-corrected chi connectivity index (χ4v) is 3.38. The lowest BCUT2D eigenvalue weighted by Crippen LogP contribution is -1.97. The van der Waals surface area contributed by atoms with Crippen molar-refractivity contribution in [3.63, 3.8) is 0 Å². The normalized spacial score (nSPS) is 11.1. The van der Waals surface area contributed by atoms with Crippen LogP contribution in [0.25, 0.3) is 11.1 Å². The molecule has 0 bridgehead atoms. The summed E-state index contributed by atoms with van der Waals surface area (Å²) in [4.78, 5) is 4.53. The summed E-state index contributed by atoms with van der Waals surface area (Å²) in [5.74, 6) is 0.941. The van der Waals surface area contributed by atoms with Gasteiger partial charge in [-0.2, -0.15) is 0 Å². The van der Waals surface area contributed by atoms with Crippen LogP contribution in [0.1, 0.15) is 51.0 Å². The second-order valence-corrected chi connectivity index (χ2v) is 7.93. The van der Waals surface area contributed by atoms with E-state index in [1.54, 1.807) is 0 Å². The molecule has 0 radical (unpaired) electrons. The summed E-state index contributed by atoms with van der Waals surface area (Å²) in [5.41, 5.74) is 4.30. The zero-order valence-electron chi connectivity index (χ0n) is 17.7.